The van der Waals surface area contributed by atoms with E-state index in [9.17, 15) is 26.4 Å². The molecular formula is C27H28ClF3N2O5S. The Kier molecular flexibility index (Phi) is 9.30. The lowest BCUT2D eigenvalue weighted by Gasteiger charge is -2.43. The number of nitrogens with zero attached hydrogens (tertiary/aromatic N) is 2. The van der Waals surface area contributed by atoms with Crippen LogP contribution in [0.25, 0.3) is 6.08 Å². The molecule has 0 fully saturated rings. The topological polar surface area (TPSA) is 96.8 Å². The maximum Gasteiger partial charge on any atom is 0.416 e. The van der Waals surface area contributed by atoms with Crippen molar-refractivity contribution >= 4 is 33.7 Å². The Balaban J connectivity index is 2.03. The number of aromatic nitrogens is 1. The van der Waals surface area contributed by atoms with E-state index in [0.29, 0.717) is 11.1 Å². The second kappa shape index (κ2) is 11.9. The molecule has 1 aliphatic carbocycles. The van der Waals surface area contributed by atoms with Crippen LogP contribution in [0.4, 0.5) is 13.2 Å². The summed E-state index contributed by atoms with van der Waals surface area (Å²) in [5, 5.41) is 9.01. The first-order valence-electron chi connectivity index (χ1n) is 11.9. The second-order valence-corrected chi connectivity index (χ2v) is 11.8. The summed E-state index contributed by atoms with van der Waals surface area (Å²) in [6.07, 6.45) is 1.74. The molecule has 1 aliphatic rings. The molecule has 0 radical (unpaired) electrons. The maximum absolute atomic E-state index is 13.8. The highest BCUT2D eigenvalue weighted by molar-refractivity contribution is 7.89. The van der Waals surface area contributed by atoms with Crippen molar-refractivity contribution in [2.75, 3.05) is 6.54 Å². The number of hydrogen-bond donors (Lipinski definition) is 1. The van der Waals surface area contributed by atoms with E-state index >= 15 is 0 Å². The van der Waals surface area contributed by atoms with E-state index in [1.807, 2.05) is 0 Å². The zero-order valence-electron chi connectivity index (χ0n) is 21.4. The summed E-state index contributed by atoms with van der Waals surface area (Å²) in [7, 11) is -4.19. The molecule has 0 aliphatic heterocycles. The molecule has 3 rings (SSSR count). The van der Waals surface area contributed by atoms with E-state index in [-0.39, 0.29) is 41.2 Å². The molecule has 1 N–H and O–H groups in total. The van der Waals surface area contributed by atoms with Crippen molar-refractivity contribution < 1.29 is 36.2 Å². The van der Waals surface area contributed by atoms with Crippen LogP contribution in [-0.4, -0.2) is 47.0 Å². The molecule has 1 unspecified atom stereocenters. The van der Waals surface area contributed by atoms with Crippen molar-refractivity contribution in [1.82, 2.24) is 9.29 Å². The Morgan fingerprint density at radius 1 is 1.31 bits per heavy atom. The van der Waals surface area contributed by atoms with Crippen LogP contribution in [0.3, 0.4) is 0 Å². The summed E-state index contributed by atoms with van der Waals surface area (Å²) in [6, 6.07) is 7.48. The van der Waals surface area contributed by atoms with E-state index in [4.69, 9.17) is 21.4 Å². The minimum atomic E-state index is -4.67. The summed E-state index contributed by atoms with van der Waals surface area (Å²) in [5.74, 6) is -1.48. The van der Waals surface area contributed by atoms with Gasteiger partial charge in [-0.2, -0.15) is 17.5 Å². The first-order valence-corrected chi connectivity index (χ1v) is 13.7. The lowest BCUT2D eigenvalue weighted by atomic mass is 9.87. The Hall–Kier alpha value is -3.15. The Bertz CT molecular complexity index is 1410. The fourth-order valence-electron chi connectivity index (χ4n) is 4.02. The van der Waals surface area contributed by atoms with Gasteiger partial charge in [0.15, 0.2) is 0 Å². The Morgan fingerprint density at radius 2 is 2.03 bits per heavy atom. The minimum Gasteiger partial charge on any atom is -0.491 e. The van der Waals surface area contributed by atoms with Crippen LogP contribution in [0.5, 0.6) is 0 Å². The zero-order valence-corrected chi connectivity index (χ0v) is 23.0. The largest absolute Gasteiger partial charge is 0.491 e. The Morgan fingerprint density at radius 3 is 2.59 bits per heavy atom. The molecule has 7 nitrogen and oxygen atoms in total. The molecule has 0 spiro atoms. The van der Waals surface area contributed by atoms with Crippen molar-refractivity contribution in [3.05, 3.63) is 88.4 Å². The number of rotatable bonds is 10. The molecule has 1 atom stereocenters. The van der Waals surface area contributed by atoms with Crippen LogP contribution in [0.2, 0.25) is 5.02 Å². The van der Waals surface area contributed by atoms with Crippen molar-refractivity contribution in [3.8, 4) is 0 Å². The monoisotopic (exact) mass is 584 g/mol. The van der Waals surface area contributed by atoms with Gasteiger partial charge in [0.2, 0.25) is 10.0 Å². The first kappa shape index (κ1) is 30.4. The van der Waals surface area contributed by atoms with Gasteiger partial charge in [-0.25, -0.2) is 13.2 Å². The number of hydrogen-bond acceptors (Lipinski definition) is 5. The molecule has 0 saturated carbocycles. The van der Waals surface area contributed by atoms with Gasteiger partial charge in [-0.3, -0.25) is 4.98 Å². The van der Waals surface area contributed by atoms with Crippen molar-refractivity contribution in [3.63, 3.8) is 0 Å². The van der Waals surface area contributed by atoms with Crippen LogP contribution in [0.15, 0.2) is 77.2 Å². The number of alkyl halides is 3. The number of ether oxygens (including phenoxy) is 1. The summed E-state index contributed by atoms with van der Waals surface area (Å²) >= 11 is 6.33. The van der Waals surface area contributed by atoms with Gasteiger partial charge < -0.3 is 9.84 Å². The van der Waals surface area contributed by atoms with E-state index in [0.717, 1.165) is 18.2 Å². The average Bonchev–Trinajstić information content (AvgIpc) is 2.86. The van der Waals surface area contributed by atoms with Crippen LogP contribution < -0.4 is 0 Å². The summed E-state index contributed by atoms with van der Waals surface area (Å²) < 4.78 is 75.7. The van der Waals surface area contributed by atoms with Gasteiger partial charge in [-0.05, 0) is 55.2 Å². The molecule has 12 heteroatoms. The van der Waals surface area contributed by atoms with Gasteiger partial charge in [0.1, 0.15) is 17.3 Å². The number of sulfonamides is 1. The van der Waals surface area contributed by atoms with Gasteiger partial charge in [-0.15, -0.1) is 0 Å². The summed E-state index contributed by atoms with van der Waals surface area (Å²) in [4.78, 5) is 14.6. The van der Waals surface area contributed by atoms with Gasteiger partial charge >= 0.3 is 12.1 Å². The smallest absolute Gasteiger partial charge is 0.416 e. The third kappa shape index (κ3) is 7.28. The lowest BCUT2D eigenvalue weighted by molar-refractivity contribution is -0.131. The van der Waals surface area contributed by atoms with E-state index in [1.54, 1.807) is 26.0 Å². The molecular weight excluding hydrogens is 557 g/mol. The highest BCUT2D eigenvalue weighted by Crippen LogP contribution is 2.42. The summed E-state index contributed by atoms with van der Waals surface area (Å²) in [6.45, 7) is 4.89. The van der Waals surface area contributed by atoms with E-state index in [2.05, 4.69) is 4.98 Å². The standard InChI is InChI=1S/C27H28ClF3N2O5S/c1-18(2)16-33(39(36,37)22-5-4-12-32-15-22)26(3)11-10-21(27(29,30)31)14-24(26)38-17-20-8-6-19(13-23(20)28)7-9-25(34)35/h4-10,12-15,18H,11,16-17H2,1-3H3,(H,34,35)/b9-7+. The van der Waals surface area contributed by atoms with E-state index in [1.165, 1.54) is 47.9 Å². The third-order valence-corrected chi connectivity index (χ3v) is 8.37. The molecule has 1 aromatic carbocycles. The molecule has 0 bridgehead atoms. The SMILES string of the molecule is CC(C)CN(C1(C)CC=C(C(F)(F)F)C=C1OCc1ccc(/C=C/C(=O)O)cc1Cl)S(=O)(=O)c1cccnc1. The second-order valence-electron chi connectivity index (χ2n) is 9.57. The van der Waals surface area contributed by atoms with Gasteiger partial charge in [0, 0.05) is 35.6 Å². The molecule has 39 heavy (non-hydrogen) atoms. The van der Waals surface area contributed by atoms with Crippen molar-refractivity contribution in [1.29, 1.82) is 0 Å². The highest BCUT2D eigenvalue weighted by Gasteiger charge is 2.48. The van der Waals surface area contributed by atoms with Gasteiger partial charge in [0.05, 0.1) is 11.1 Å². The number of allylic oxidation sites excluding steroid dienone is 2. The number of benzene rings is 1. The quantitative estimate of drug-likeness (QED) is 0.333. The Labute approximate surface area is 230 Å². The number of halogens is 4. The highest BCUT2D eigenvalue weighted by atomic mass is 35.5. The van der Waals surface area contributed by atoms with Crippen LogP contribution in [0.1, 0.15) is 38.3 Å². The van der Waals surface area contributed by atoms with Crippen LogP contribution >= 0.6 is 11.6 Å². The number of carboxylic acids is 1. The molecule has 2 aromatic rings. The number of carbonyl (C=O) groups is 1. The predicted molar refractivity (Wildman–Crippen MR) is 141 cm³/mol. The average molecular weight is 585 g/mol. The molecule has 0 amide bonds. The van der Waals surface area contributed by atoms with E-state index < -0.39 is 33.3 Å². The zero-order chi connectivity index (χ0) is 29.0. The fraction of sp³-hybridized carbons (Fsp3) is 0.333. The normalized spacial score (nSPS) is 18.4. The molecule has 0 saturated heterocycles. The molecule has 1 aromatic heterocycles. The lowest BCUT2D eigenvalue weighted by Crippen LogP contribution is -2.53. The minimum absolute atomic E-state index is 0.00891. The van der Waals surface area contributed by atoms with Gasteiger partial charge in [-0.1, -0.05) is 43.7 Å². The first-order chi connectivity index (χ1) is 18.1. The van der Waals surface area contributed by atoms with Gasteiger partial charge in [0.25, 0.3) is 0 Å². The maximum atomic E-state index is 13.8. The molecule has 1 heterocycles. The number of aliphatic carboxylic acids is 1. The predicted octanol–water partition coefficient (Wildman–Crippen LogP) is 6.23. The van der Waals surface area contributed by atoms with Crippen LogP contribution in [0, 0.1) is 5.92 Å². The van der Waals surface area contributed by atoms with Crippen molar-refractivity contribution in [2.24, 2.45) is 5.92 Å². The third-order valence-electron chi connectivity index (χ3n) is 6.05. The molecule has 210 valence electrons. The number of pyridine rings is 1. The number of carboxylic acid groups (broad SMARTS) is 1. The fourth-order valence-corrected chi connectivity index (χ4v) is 6.15. The van der Waals surface area contributed by atoms with Crippen molar-refractivity contribution in [2.45, 2.75) is 50.4 Å². The van der Waals surface area contributed by atoms with Crippen LogP contribution in [-0.2, 0) is 26.2 Å². The summed E-state index contributed by atoms with van der Waals surface area (Å²) in [5.41, 5.74) is -1.52.